The summed E-state index contributed by atoms with van der Waals surface area (Å²) in [6.45, 7) is 0. The van der Waals surface area contributed by atoms with Crippen molar-refractivity contribution in [3.63, 3.8) is 0 Å². The molecule has 0 fully saturated rings. The molecule has 1 N–H and O–H groups in total. The average Bonchev–Trinajstić information content (AvgIpc) is 2.17. The van der Waals surface area contributed by atoms with E-state index in [0.29, 0.717) is 12.8 Å². The third kappa shape index (κ3) is 1.43. The van der Waals surface area contributed by atoms with Crippen LogP contribution >= 0.6 is 0 Å². The Morgan fingerprint density at radius 3 is 2.46 bits per heavy atom. The van der Waals surface area contributed by atoms with E-state index in [9.17, 15) is 5.11 Å². The Balaban J connectivity index is 2.34. The molecular formula is C11H11NO. The molecule has 0 saturated heterocycles. The second kappa shape index (κ2) is 3.20. The van der Waals surface area contributed by atoms with Crippen LogP contribution in [0.2, 0.25) is 0 Å². The monoisotopic (exact) mass is 173 g/mol. The first-order valence-electron chi connectivity index (χ1n) is 4.45. The zero-order chi connectivity index (χ0) is 9.26. The van der Waals surface area contributed by atoms with E-state index in [0.717, 1.165) is 0 Å². The van der Waals surface area contributed by atoms with Crippen LogP contribution < -0.4 is 0 Å². The highest BCUT2D eigenvalue weighted by molar-refractivity contribution is 5.31. The SMILES string of the molecule is N#CC1Cc2ccccc2CC1O. The van der Waals surface area contributed by atoms with Crippen molar-refractivity contribution in [1.82, 2.24) is 0 Å². The lowest BCUT2D eigenvalue weighted by Gasteiger charge is -2.24. The van der Waals surface area contributed by atoms with Gasteiger partial charge < -0.3 is 5.11 Å². The van der Waals surface area contributed by atoms with Crippen LogP contribution in [0.15, 0.2) is 24.3 Å². The van der Waals surface area contributed by atoms with Crippen molar-refractivity contribution in [2.24, 2.45) is 5.92 Å². The summed E-state index contributed by atoms with van der Waals surface area (Å²) in [4.78, 5) is 0. The van der Waals surface area contributed by atoms with E-state index in [4.69, 9.17) is 5.26 Å². The fraction of sp³-hybridized carbons (Fsp3) is 0.364. The lowest BCUT2D eigenvalue weighted by Crippen LogP contribution is -2.28. The topological polar surface area (TPSA) is 44.0 Å². The summed E-state index contributed by atoms with van der Waals surface area (Å²) >= 11 is 0. The number of benzene rings is 1. The maximum Gasteiger partial charge on any atom is 0.0766 e. The highest BCUT2D eigenvalue weighted by Gasteiger charge is 2.25. The number of aliphatic hydroxyl groups is 1. The summed E-state index contributed by atoms with van der Waals surface area (Å²) in [6, 6.07) is 10.1. The first-order valence-corrected chi connectivity index (χ1v) is 4.45. The number of aliphatic hydroxyl groups excluding tert-OH is 1. The molecule has 2 atom stereocenters. The van der Waals surface area contributed by atoms with E-state index in [1.807, 2.05) is 24.3 Å². The fourth-order valence-electron chi connectivity index (χ4n) is 1.83. The Hall–Kier alpha value is -1.33. The van der Waals surface area contributed by atoms with Crippen molar-refractivity contribution >= 4 is 0 Å². The molecule has 1 aromatic rings. The van der Waals surface area contributed by atoms with Gasteiger partial charge in [0.05, 0.1) is 18.1 Å². The van der Waals surface area contributed by atoms with Gasteiger partial charge in [-0.15, -0.1) is 0 Å². The molecule has 1 aliphatic carbocycles. The van der Waals surface area contributed by atoms with E-state index in [2.05, 4.69) is 6.07 Å². The van der Waals surface area contributed by atoms with Gasteiger partial charge in [0.25, 0.3) is 0 Å². The molecule has 1 aromatic carbocycles. The second-order valence-corrected chi connectivity index (χ2v) is 3.48. The third-order valence-corrected chi connectivity index (χ3v) is 2.62. The summed E-state index contributed by atoms with van der Waals surface area (Å²) in [5, 5.41) is 18.4. The van der Waals surface area contributed by atoms with Gasteiger partial charge in [0.15, 0.2) is 0 Å². The second-order valence-electron chi connectivity index (χ2n) is 3.48. The van der Waals surface area contributed by atoms with Crippen LogP contribution in [0.1, 0.15) is 11.1 Å². The number of hydrogen-bond acceptors (Lipinski definition) is 2. The number of fused-ring (bicyclic) bond motifs is 1. The van der Waals surface area contributed by atoms with Gasteiger partial charge >= 0.3 is 0 Å². The minimum atomic E-state index is -0.486. The first-order chi connectivity index (χ1) is 6.31. The van der Waals surface area contributed by atoms with Crippen LogP contribution in [0.5, 0.6) is 0 Å². The molecule has 0 amide bonds. The number of rotatable bonds is 0. The zero-order valence-corrected chi connectivity index (χ0v) is 7.27. The fourth-order valence-corrected chi connectivity index (χ4v) is 1.83. The average molecular weight is 173 g/mol. The van der Waals surface area contributed by atoms with Gasteiger partial charge in [-0.2, -0.15) is 5.26 Å². The standard InChI is InChI=1S/C11H11NO/c12-7-10-5-8-3-1-2-4-9(8)6-11(10)13/h1-4,10-11,13H,5-6H2. The van der Waals surface area contributed by atoms with Crippen LogP contribution in [-0.2, 0) is 12.8 Å². The maximum absolute atomic E-state index is 9.59. The summed E-state index contributed by atoms with van der Waals surface area (Å²) in [5.74, 6) is -0.227. The van der Waals surface area contributed by atoms with E-state index in [1.54, 1.807) is 0 Å². The maximum atomic E-state index is 9.59. The van der Waals surface area contributed by atoms with E-state index >= 15 is 0 Å². The lowest BCUT2D eigenvalue weighted by atomic mass is 9.83. The van der Waals surface area contributed by atoms with Gasteiger partial charge in [0, 0.05) is 0 Å². The van der Waals surface area contributed by atoms with E-state index in [1.165, 1.54) is 11.1 Å². The van der Waals surface area contributed by atoms with Crippen LogP contribution in [0, 0.1) is 17.2 Å². The molecule has 2 rings (SSSR count). The Kier molecular flexibility index (Phi) is 2.03. The Morgan fingerprint density at radius 2 is 1.85 bits per heavy atom. The molecule has 0 aliphatic heterocycles. The zero-order valence-electron chi connectivity index (χ0n) is 7.27. The third-order valence-electron chi connectivity index (χ3n) is 2.62. The van der Waals surface area contributed by atoms with Crippen molar-refractivity contribution < 1.29 is 5.11 Å². The molecule has 2 nitrogen and oxygen atoms in total. The molecular weight excluding hydrogens is 162 g/mol. The van der Waals surface area contributed by atoms with Crippen molar-refractivity contribution in [3.8, 4) is 6.07 Å². The highest BCUT2D eigenvalue weighted by Crippen LogP contribution is 2.24. The molecule has 2 heteroatoms. The first kappa shape index (κ1) is 8.28. The molecule has 0 saturated carbocycles. The van der Waals surface area contributed by atoms with Crippen molar-refractivity contribution in [3.05, 3.63) is 35.4 Å². The molecule has 0 spiro atoms. The van der Waals surface area contributed by atoms with Crippen molar-refractivity contribution in [2.45, 2.75) is 18.9 Å². The molecule has 66 valence electrons. The smallest absolute Gasteiger partial charge is 0.0766 e. The normalized spacial score (nSPS) is 26.2. The predicted molar refractivity (Wildman–Crippen MR) is 49.0 cm³/mol. The number of hydrogen-bond donors (Lipinski definition) is 1. The minimum Gasteiger partial charge on any atom is -0.391 e. The Labute approximate surface area is 77.4 Å². The number of nitriles is 1. The molecule has 0 radical (unpaired) electrons. The molecule has 0 aromatic heterocycles. The quantitative estimate of drug-likeness (QED) is 0.642. The molecule has 1 aliphatic rings. The van der Waals surface area contributed by atoms with Crippen molar-refractivity contribution in [1.29, 1.82) is 5.26 Å². The van der Waals surface area contributed by atoms with E-state index < -0.39 is 6.10 Å². The lowest BCUT2D eigenvalue weighted by molar-refractivity contribution is 0.126. The van der Waals surface area contributed by atoms with Crippen molar-refractivity contribution in [2.75, 3.05) is 0 Å². The molecule has 13 heavy (non-hydrogen) atoms. The summed E-state index contributed by atoms with van der Waals surface area (Å²) in [5.41, 5.74) is 2.39. The van der Waals surface area contributed by atoms with Crippen LogP contribution in [0.25, 0.3) is 0 Å². The Morgan fingerprint density at radius 1 is 1.23 bits per heavy atom. The summed E-state index contributed by atoms with van der Waals surface area (Å²) in [7, 11) is 0. The minimum absolute atomic E-state index is 0.227. The van der Waals surface area contributed by atoms with Gasteiger partial charge in [-0.05, 0) is 24.0 Å². The highest BCUT2D eigenvalue weighted by atomic mass is 16.3. The van der Waals surface area contributed by atoms with Gasteiger partial charge in [0.2, 0.25) is 0 Å². The molecule has 0 bridgehead atoms. The van der Waals surface area contributed by atoms with Gasteiger partial charge in [-0.1, -0.05) is 24.3 Å². The van der Waals surface area contributed by atoms with Gasteiger partial charge in [0.1, 0.15) is 0 Å². The summed E-state index contributed by atoms with van der Waals surface area (Å²) in [6.07, 6.45) is 0.822. The van der Waals surface area contributed by atoms with Crippen LogP contribution in [0.4, 0.5) is 0 Å². The molecule has 2 unspecified atom stereocenters. The molecule has 0 heterocycles. The summed E-state index contributed by atoms with van der Waals surface area (Å²) < 4.78 is 0. The predicted octanol–water partition coefficient (Wildman–Crippen LogP) is 1.29. The largest absolute Gasteiger partial charge is 0.391 e. The van der Waals surface area contributed by atoms with Crippen LogP contribution in [0.3, 0.4) is 0 Å². The Bertz CT molecular complexity index is 353. The number of nitrogens with zero attached hydrogens (tertiary/aromatic N) is 1. The van der Waals surface area contributed by atoms with Crippen LogP contribution in [-0.4, -0.2) is 11.2 Å². The van der Waals surface area contributed by atoms with E-state index in [-0.39, 0.29) is 5.92 Å². The van der Waals surface area contributed by atoms with Gasteiger partial charge in [-0.25, -0.2) is 0 Å². The van der Waals surface area contributed by atoms with Gasteiger partial charge in [-0.3, -0.25) is 0 Å².